The number of nitrogens with zero attached hydrogens (tertiary/aromatic N) is 2. The molecule has 3 heterocycles. The lowest BCUT2D eigenvalue weighted by molar-refractivity contribution is -0.138. The molecule has 0 saturated heterocycles. The summed E-state index contributed by atoms with van der Waals surface area (Å²) in [5.74, 6) is 0. The number of allylic oxidation sites excluding steroid dienone is 4. The Kier molecular flexibility index (Phi) is 9.16. The van der Waals surface area contributed by atoms with Gasteiger partial charge < -0.3 is 14.1 Å². The van der Waals surface area contributed by atoms with Gasteiger partial charge in [-0.25, -0.2) is 0 Å². The molecule has 0 unspecified atom stereocenters. The summed E-state index contributed by atoms with van der Waals surface area (Å²) >= 11 is 0. The molecule has 3 nitrogen and oxygen atoms in total. The predicted octanol–water partition coefficient (Wildman–Crippen LogP) is 17.0. The van der Waals surface area contributed by atoms with Crippen molar-refractivity contribution < 1.29 is 52.7 Å². The van der Waals surface area contributed by atoms with E-state index in [0.29, 0.717) is 45.0 Å². The molecule has 0 aliphatic heterocycles. The average Bonchev–Trinajstić information content (AvgIpc) is 3.93. The molecular weight excluding hydrogens is 895 g/mol. The van der Waals surface area contributed by atoms with Crippen LogP contribution in [0.3, 0.4) is 0 Å². The molecule has 7 aromatic carbocycles. The van der Waals surface area contributed by atoms with Crippen LogP contribution in [0.2, 0.25) is 0 Å². The third-order valence-corrected chi connectivity index (χ3v) is 12.6. The zero-order valence-corrected chi connectivity index (χ0v) is 34.2. The molecule has 1 aliphatic carbocycles. The van der Waals surface area contributed by atoms with Crippen LogP contribution in [0.1, 0.15) is 29.5 Å². The third kappa shape index (κ3) is 6.92. The summed E-state index contributed by atoms with van der Waals surface area (Å²) < 4.78 is 173. The van der Waals surface area contributed by atoms with Crippen molar-refractivity contribution in [2.24, 2.45) is 0 Å². The molecular formula is C52H29F12N3. The minimum atomic E-state index is -4.76. The summed E-state index contributed by atoms with van der Waals surface area (Å²) in [5.41, 5.74) is 0.595. The van der Waals surface area contributed by atoms with Crippen LogP contribution in [-0.2, 0) is 18.5 Å². The van der Waals surface area contributed by atoms with E-state index in [1.807, 2.05) is 30.3 Å². The molecule has 11 rings (SSSR count). The highest BCUT2D eigenvalue weighted by Gasteiger charge is 2.39. The quantitative estimate of drug-likeness (QED) is 0.170. The fraction of sp³-hybridized carbons (Fsp3) is 0.115. The highest BCUT2D eigenvalue weighted by atomic mass is 19.4. The van der Waals surface area contributed by atoms with Gasteiger partial charge in [-0.2, -0.15) is 52.7 Å². The maximum atomic E-state index is 14.4. The Hall–Kier alpha value is -7.42. The van der Waals surface area contributed by atoms with E-state index in [9.17, 15) is 52.7 Å². The zero-order valence-electron chi connectivity index (χ0n) is 34.2. The predicted molar refractivity (Wildman–Crippen MR) is 237 cm³/mol. The molecule has 1 aliphatic rings. The first kappa shape index (κ1) is 42.2. The van der Waals surface area contributed by atoms with E-state index in [2.05, 4.69) is 4.98 Å². The smallest absolute Gasteiger partial charge is 0.355 e. The van der Waals surface area contributed by atoms with Crippen molar-refractivity contribution in [1.82, 2.24) is 14.1 Å². The lowest BCUT2D eigenvalue weighted by Gasteiger charge is -2.21. The number of hydrogen-bond donors (Lipinski definition) is 1. The molecule has 336 valence electrons. The first-order chi connectivity index (χ1) is 31.7. The van der Waals surface area contributed by atoms with Gasteiger partial charge in [0.1, 0.15) is 0 Å². The Morgan fingerprint density at radius 1 is 0.373 bits per heavy atom. The van der Waals surface area contributed by atoms with Crippen LogP contribution in [0, 0.1) is 0 Å². The van der Waals surface area contributed by atoms with E-state index < -0.39 is 47.0 Å². The van der Waals surface area contributed by atoms with Crippen LogP contribution < -0.4 is 0 Å². The number of H-pyrrole nitrogens is 1. The molecule has 67 heavy (non-hydrogen) atoms. The molecule has 1 N–H and O–H groups in total. The number of aromatic nitrogens is 3. The number of halogens is 12. The molecule has 0 fully saturated rings. The number of hydrogen-bond acceptors (Lipinski definition) is 0. The summed E-state index contributed by atoms with van der Waals surface area (Å²) in [6.45, 7) is 0. The van der Waals surface area contributed by atoms with Gasteiger partial charge in [-0.05, 0) is 132 Å². The number of benzene rings is 7. The van der Waals surface area contributed by atoms with Crippen molar-refractivity contribution in [1.29, 1.82) is 0 Å². The minimum Gasteiger partial charge on any atom is -0.355 e. The standard InChI is InChI=1S/C52H29F12N3/c53-49(54,55)31-13-19-45-37(25-31)35-23-29(11-17-43(35)66(45)47-7-3-1-5-39(47)51(59,60)61)27-9-15-41-33(21-27)34-22-28(10-16-42(34)65-41)30-12-18-44-36(24-30)38-26-32(50(56,57)58)14-20-46(38)67(44)48-8-4-2-6-40(48)52(62,63)64/h1,3,5-26,65H,2,4H2. The summed E-state index contributed by atoms with van der Waals surface area (Å²) in [7, 11) is 0. The van der Waals surface area contributed by atoms with Crippen molar-refractivity contribution in [2.45, 2.75) is 37.5 Å². The first-order valence-electron chi connectivity index (χ1n) is 20.8. The average molecular weight is 924 g/mol. The van der Waals surface area contributed by atoms with Crippen LogP contribution in [-0.4, -0.2) is 20.3 Å². The summed E-state index contributed by atoms with van der Waals surface area (Å²) in [5, 5.41) is 2.30. The van der Waals surface area contributed by atoms with Crippen LogP contribution in [0.25, 0.3) is 99.1 Å². The second-order valence-corrected chi connectivity index (χ2v) is 16.5. The molecule has 0 amide bonds. The molecule has 0 bridgehead atoms. The minimum absolute atomic E-state index is 0.101. The second kappa shape index (κ2) is 14.5. The van der Waals surface area contributed by atoms with E-state index in [0.717, 1.165) is 58.2 Å². The molecule has 0 atom stereocenters. The first-order valence-corrected chi connectivity index (χ1v) is 20.8. The highest BCUT2D eigenvalue weighted by molar-refractivity contribution is 6.14. The number of para-hydroxylation sites is 1. The zero-order chi connectivity index (χ0) is 46.9. The number of alkyl halides is 12. The molecule has 0 spiro atoms. The third-order valence-electron chi connectivity index (χ3n) is 12.6. The van der Waals surface area contributed by atoms with E-state index in [1.165, 1.54) is 45.5 Å². The van der Waals surface area contributed by atoms with E-state index in [1.54, 1.807) is 42.5 Å². The summed E-state index contributed by atoms with van der Waals surface area (Å²) in [4.78, 5) is 3.36. The molecule has 10 aromatic rings. The van der Waals surface area contributed by atoms with Crippen LogP contribution >= 0.6 is 0 Å². The summed E-state index contributed by atoms with van der Waals surface area (Å²) in [6.07, 6.45) is -15.9. The topological polar surface area (TPSA) is 25.6 Å². The highest BCUT2D eigenvalue weighted by Crippen LogP contribution is 2.46. The normalized spacial score (nSPS) is 14.3. The van der Waals surface area contributed by atoms with Crippen molar-refractivity contribution >= 4 is 71.1 Å². The van der Waals surface area contributed by atoms with Crippen LogP contribution in [0.5, 0.6) is 0 Å². The van der Waals surface area contributed by atoms with E-state index >= 15 is 0 Å². The molecule has 15 heteroatoms. The second-order valence-electron chi connectivity index (χ2n) is 16.5. The van der Waals surface area contributed by atoms with Crippen LogP contribution in [0.15, 0.2) is 151 Å². The van der Waals surface area contributed by atoms with Crippen molar-refractivity contribution in [3.05, 3.63) is 168 Å². The maximum absolute atomic E-state index is 14.4. The lowest BCUT2D eigenvalue weighted by Crippen LogP contribution is -2.18. The fourth-order valence-corrected chi connectivity index (χ4v) is 9.58. The van der Waals surface area contributed by atoms with E-state index in [-0.39, 0.29) is 45.1 Å². The maximum Gasteiger partial charge on any atom is 0.418 e. The molecule has 0 radical (unpaired) electrons. The molecule has 0 saturated carbocycles. The van der Waals surface area contributed by atoms with Gasteiger partial charge in [-0.15, -0.1) is 0 Å². The Labute approximate surface area is 370 Å². The van der Waals surface area contributed by atoms with Gasteiger partial charge in [-0.1, -0.05) is 48.6 Å². The van der Waals surface area contributed by atoms with Crippen molar-refractivity contribution in [3.63, 3.8) is 0 Å². The Morgan fingerprint density at radius 2 is 0.791 bits per heavy atom. The Bertz CT molecular complexity index is 3750. The van der Waals surface area contributed by atoms with E-state index in [4.69, 9.17) is 0 Å². The van der Waals surface area contributed by atoms with Gasteiger partial charge in [-0.3, -0.25) is 0 Å². The van der Waals surface area contributed by atoms with Crippen molar-refractivity contribution in [3.8, 4) is 27.9 Å². The van der Waals surface area contributed by atoms with Crippen molar-refractivity contribution in [2.75, 3.05) is 0 Å². The molecule has 3 aromatic heterocycles. The fourth-order valence-electron chi connectivity index (χ4n) is 9.58. The summed E-state index contributed by atoms with van der Waals surface area (Å²) in [6, 6.07) is 31.7. The van der Waals surface area contributed by atoms with Gasteiger partial charge in [0.15, 0.2) is 0 Å². The van der Waals surface area contributed by atoms with Gasteiger partial charge in [0, 0.05) is 43.4 Å². The number of nitrogens with one attached hydrogen (secondary N) is 1. The number of rotatable bonds is 4. The Balaban J connectivity index is 1.05. The van der Waals surface area contributed by atoms with Gasteiger partial charge in [0.2, 0.25) is 0 Å². The number of fused-ring (bicyclic) bond motifs is 9. The van der Waals surface area contributed by atoms with Gasteiger partial charge in [0.05, 0.1) is 55.7 Å². The monoisotopic (exact) mass is 923 g/mol. The SMILES string of the molecule is FC(F)(F)C1=CCCC=C1n1c2ccc(-c3ccc4[nH]c5ccc(-c6ccc7c(c6)c6cc(C(F)(F)F)ccc6n7-c6ccccc6C(F)(F)F)cc5c4c3)cc2c2cc(C(F)(F)F)ccc21. The Morgan fingerprint density at radius 3 is 1.27 bits per heavy atom. The van der Waals surface area contributed by atoms with Gasteiger partial charge >= 0.3 is 24.7 Å². The largest absolute Gasteiger partial charge is 0.418 e. The van der Waals surface area contributed by atoms with Crippen LogP contribution in [0.4, 0.5) is 52.7 Å². The lowest BCUT2D eigenvalue weighted by atomic mass is 9.98. The number of aromatic amines is 1. The van der Waals surface area contributed by atoms with Gasteiger partial charge in [0.25, 0.3) is 0 Å².